The molecule has 0 fully saturated rings. The van der Waals surface area contributed by atoms with E-state index < -0.39 is 5.97 Å². The third-order valence-corrected chi connectivity index (χ3v) is 3.56. The summed E-state index contributed by atoms with van der Waals surface area (Å²) in [5.74, 6) is -0.298. The number of carbonyl (C=O) groups is 1. The summed E-state index contributed by atoms with van der Waals surface area (Å²) in [6, 6.07) is 9.94. The maximum absolute atomic E-state index is 11.3. The van der Waals surface area contributed by atoms with Crippen molar-refractivity contribution in [3.63, 3.8) is 0 Å². The first kappa shape index (κ1) is 16.1. The Morgan fingerprint density at radius 1 is 1.14 bits per heavy atom. The van der Waals surface area contributed by atoms with Gasteiger partial charge in [-0.2, -0.15) is 0 Å². The molecule has 22 heavy (non-hydrogen) atoms. The molecule has 1 N–H and O–H groups in total. The highest BCUT2D eigenvalue weighted by Gasteiger charge is 2.17. The Hall–Kier alpha value is -2.23. The lowest BCUT2D eigenvalue weighted by molar-refractivity contribution is 0.0687. The summed E-state index contributed by atoms with van der Waals surface area (Å²) in [7, 11) is 0. The number of carboxylic acids is 1. The van der Waals surface area contributed by atoms with Gasteiger partial charge < -0.3 is 5.11 Å². The standard InChI is InChI=1S/C18H22N2O2/c1-11(2)9-13-10-16(19-20-17(13)18(21)22)15-8-6-5-7-14(15)12(3)4/h5-8,10-12H,9H2,1-4H3,(H,21,22). The van der Waals surface area contributed by atoms with Crippen LogP contribution in [-0.4, -0.2) is 21.3 Å². The highest BCUT2D eigenvalue weighted by atomic mass is 16.4. The van der Waals surface area contributed by atoms with Crippen LogP contribution in [0.3, 0.4) is 0 Å². The molecule has 0 aliphatic carbocycles. The lowest BCUT2D eigenvalue weighted by Crippen LogP contribution is -2.10. The smallest absolute Gasteiger partial charge is 0.356 e. The number of hydrogen-bond acceptors (Lipinski definition) is 3. The number of nitrogens with zero attached hydrogens (tertiary/aromatic N) is 2. The minimum atomic E-state index is -1.02. The molecule has 1 heterocycles. The van der Waals surface area contributed by atoms with Crippen molar-refractivity contribution in [1.82, 2.24) is 10.2 Å². The zero-order valence-corrected chi connectivity index (χ0v) is 13.5. The molecule has 0 radical (unpaired) electrons. The van der Waals surface area contributed by atoms with Crippen LogP contribution in [0.2, 0.25) is 0 Å². The van der Waals surface area contributed by atoms with E-state index in [1.165, 1.54) is 5.56 Å². The largest absolute Gasteiger partial charge is 0.476 e. The summed E-state index contributed by atoms with van der Waals surface area (Å²) >= 11 is 0. The monoisotopic (exact) mass is 298 g/mol. The maximum Gasteiger partial charge on any atom is 0.356 e. The highest BCUT2D eigenvalue weighted by Crippen LogP contribution is 2.28. The number of benzene rings is 1. The number of rotatable bonds is 5. The van der Waals surface area contributed by atoms with E-state index in [2.05, 4.69) is 44.0 Å². The van der Waals surface area contributed by atoms with Crippen LogP contribution in [0.25, 0.3) is 11.3 Å². The zero-order chi connectivity index (χ0) is 16.3. The molecule has 0 saturated carbocycles. The molecule has 0 amide bonds. The summed E-state index contributed by atoms with van der Waals surface area (Å²) in [6.07, 6.45) is 0.675. The molecule has 4 heteroatoms. The van der Waals surface area contributed by atoms with E-state index >= 15 is 0 Å². The minimum absolute atomic E-state index is 0.0551. The number of hydrogen-bond donors (Lipinski definition) is 1. The Morgan fingerprint density at radius 3 is 2.41 bits per heavy atom. The van der Waals surface area contributed by atoms with Gasteiger partial charge in [0, 0.05) is 5.56 Å². The lowest BCUT2D eigenvalue weighted by atomic mass is 9.93. The van der Waals surface area contributed by atoms with Crippen molar-refractivity contribution in [2.75, 3.05) is 0 Å². The van der Waals surface area contributed by atoms with Gasteiger partial charge in [-0.25, -0.2) is 4.79 Å². The quantitative estimate of drug-likeness (QED) is 0.900. The van der Waals surface area contributed by atoms with Crippen LogP contribution in [0.15, 0.2) is 30.3 Å². The van der Waals surface area contributed by atoms with Gasteiger partial charge in [0.05, 0.1) is 5.69 Å². The van der Waals surface area contributed by atoms with E-state index in [9.17, 15) is 9.90 Å². The van der Waals surface area contributed by atoms with E-state index in [1.54, 1.807) is 0 Å². The van der Waals surface area contributed by atoms with Crippen molar-refractivity contribution in [3.8, 4) is 11.3 Å². The summed E-state index contributed by atoms with van der Waals surface area (Å²) in [5.41, 5.74) is 3.75. The molecule has 1 aromatic carbocycles. The summed E-state index contributed by atoms with van der Waals surface area (Å²) < 4.78 is 0. The van der Waals surface area contributed by atoms with Gasteiger partial charge in [-0.05, 0) is 35.4 Å². The average Bonchev–Trinajstić information content (AvgIpc) is 2.46. The second kappa shape index (κ2) is 6.69. The van der Waals surface area contributed by atoms with Crippen LogP contribution in [0.1, 0.15) is 55.2 Å². The predicted molar refractivity (Wildman–Crippen MR) is 87.1 cm³/mol. The van der Waals surface area contributed by atoms with Crippen LogP contribution in [-0.2, 0) is 6.42 Å². The third kappa shape index (κ3) is 3.50. The number of aromatic nitrogens is 2. The molecule has 4 nitrogen and oxygen atoms in total. The predicted octanol–water partition coefficient (Wildman–Crippen LogP) is 4.16. The van der Waals surface area contributed by atoms with Gasteiger partial charge in [0.25, 0.3) is 0 Å². The van der Waals surface area contributed by atoms with E-state index in [0.29, 0.717) is 18.3 Å². The first-order valence-electron chi connectivity index (χ1n) is 7.59. The molecule has 1 aromatic heterocycles. The topological polar surface area (TPSA) is 63.1 Å². The molecule has 2 rings (SSSR count). The summed E-state index contributed by atoms with van der Waals surface area (Å²) in [4.78, 5) is 11.3. The molecule has 0 spiro atoms. The molecule has 0 unspecified atom stereocenters. The van der Waals surface area contributed by atoms with Crippen LogP contribution in [0.4, 0.5) is 0 Å². The maximum atomic E-state index is 11.3. The van der Waals surface area contributed by atoms with Gasteiger partial charge in [0.2, 0.25) is 0 Å². The summed E-state index contributed by atoms with van der Waals surface area (Å²) in [6.45, 7) is 8.39. The Kier molecular flexibility index (Phi) is 4.91. The van der Waals surface area contributed by atoms with Gasteiger partial charge in [-0.1, -0.05) is 52.0 Å². The highest BCUT2D eigenvalue weighted by molar-refractivity contribution is 5.87. The zero-order valence-electron chi connectivity index (χ0n) is 13.5. The van der Waals surface area contributed by atoms with Crippen LogP contribution in [0.5, 0.6) is 0 Å². The van der Waals surface area contributed by atoms with Crippen molar-refractivity contribution in [2.45, 2.75) is 40.0 Å². The lowest BCUT2D eigenvalue weighted by Gasteiger charge is -2.14. The van der Waals surface area contributed by atoms with Crippen molar-refractivity contribution >= 4 is 5.97 Å². The second-order valence-corrected chi connectivity index (χ2v) is 6.25. The molecule has 0 aliphatic rings. The number of aromatic carboxylic acids is 1. The van der Waals surface area contributed by atoms with Gasteiger partial charge in [0.15, 0.2) is 5.69 Å². The molecule has 0 bridgehead atoms. The molecule has 2 aromatic rings. The van der Waals surface area contributed by atoms with Crippen LogP contribution < -0.4 is 0 Å². The van der Waals surface area contributed by atoms with Gasteiger partial charge in [-0.3, -0.25) is 0 Å². The van der Waals surface area contributed by atoms with Gasteiger partial charge in [-0.15, -0.1) is 10.2 Å². The first-order chi connectivity index (χ1) is 10.4. The molecule has 0 atom stereocenters. The normalized spacial score (nSPS) is 11.2. The Balaban J connectivity index is 2.56. The number of carboxylic acid groups (broad SMARTS) is 1. The molecule has 0 aliphatic heterocycles. The Bertz CT molecular complexity index is 679. The van der Waals surface area contributed by atoms with Gasteiger partial charge in [0.1, 0.15) is 0 Å². The summed E-state index contributed by atoms with van der Waals surface area (Å²) in [5, 5.41) is 17.4. The fourth-order valence-electron chi connectivity index (χ4n) is 2.57. The van der Waals surface area contributed by atoms with Crippen molar-refractivity contribution in [3.05, 3.63) is 47.2 Å². The fourth-order valence-corrected chi connectivity index (χ4v) is 2.57. The Labute approximate surface area is 131 Å². The molecular formula is C18H22N2O2. The van der Waals surface area contributed by atoms with Gasteiger partial charge >= 0.3 is 5.97 Å². The first-order valence-corrected chi connectivity index (χ1v) is 7.59. The fraction of sp³-hybridized carbons (Fsp3) is 0.389. The minimum Gasteiger partial charge on any atom is -0.476 e. The molecular weight excluding hydrogens is 276 g/mol. The van der Waals surface area contributed by atoms with E-state index in [4.69, 9.17) is 0 Å². The van der Waals surface area contributed by atoms with Crippen molar-refractivity contribution < 1.29 is 9.90 Å². The van der Waals surface area contributed by atoms with Crippen LogP contribution in [0, 0.1) is 5.92 Å². The van der Waals surface area contributed by atoms with E-state index in [1.807, 2.05) is 24.3 Å². The Morgan fingerprint density at radius 2 is 1.82 bits per heavy atom. The van der Waals surface area contributed by atoms with Crippen molar-refractivity contribution in [2.24, 2.45) is 5.92 Å². The molecule has 0 saturated heterocycles. The average molecular weight is 298 g/mol. The SMILES string of the molecule is CC(C)Cc1cc(-c2ccccc2C(C)C)nnc1C(=O)O. The van der Waals surface area contributed by atoms with E-state index in [0.717, 1.165) is 16.8 Å². The third-order valence-electron chi connectivity index (χ3n) is 3.56. The van der Waals surface area contributed by atoms with Crippen LogP contribution >= 0.6 is 0 Å². The van der Waals surface area contributed by atoms with Crippen molar-refractivity contribution in [1.29, 1.82) is 0 Å². The molecule has 116 valence electrons. The second-order valence-electron chi connectivity index (χ2n) is 6.25. The van der Waals surface area contributed by atoms with E-state index in [-0.39, 0.29) is 5.69 Å².